The molecular formula is C45H78NO10P. The van der Waals surface area contributed by atoms with Gasteiger partial charge in [0.1, 0.15) is 29.6 Å². The number of carbonyl (C=O) groups excluding carboxylic acids is 2. The van der Waals surface area contributed by atoms with Crippen molar-refractivity contribution in [1.82, 2.24) is 0 Å². The van der Waals surface area contributed by atoms with Crippen LogP contribution in [0.25, 0.3) is 0 Å². The number of nitrogens with two attached hydrogens (primary N) is 1. The van der Waals surface area contributed by atoms with Gasteiger partial charge in [0.25, 0.3) is 0 Å². The molecule has 0 saturated heterocycles. The molecule has 0 aliphatic rings. The zero-order valence-electron chi connectivity index (χ0n) is 36.1. The molecule has 0 amide bonds. The van der Waals surface area contributed by atoms with Crippen molar-refractivity contribution >= 4 is 19.8 Å². The number of ether oxygens (including phenoxy) is 2. The van der Waals surface area contributed by atoms with Gasteiger partial charge in [-0.15, -0.1) is 0 Å². The van der Waals surface area contributed by atoms with Crippen LogP contribution in [0, 0.1) is 13.8 Å². The second kappa shape index (κ2) is 31.5. The van der Waals surface area contributed by atoms with Gasteiger partial charge in [0.15, 0.2) is 6.10 Å². The summed E-state index contributed by atoms with van der Waals surface area (Å²) in [5.41, 5.74) is 7.90. The zero-order valence-corrected chi connectivity index (χ0v) is 37.0. The third kappa shape index (κ3) is 24.9. The molecule has 0 bridgehead atoms. The first kappa shape index (κ1) is 50.7. The van der Waals surface area contributed by atoms with Gasteiger partial charge in [0, 0.05) is 45.1 Å². The third-order valence-electron chi connectivity index (χ3n) is 10.3. The van der Waals surface area contributed by atoms with Crippen LogP contribution in [-0.4, -0.2) is 49.3 Å². The van der Waals surface area contributed by atoms with Gasteiger partial charge in [-0.05, 0) is 75.6 Å². The van der Waals surface area contributed by atoms with Crippen LogP contribution in [0.3, 0.4) is 0 Å². The number of unbranched alkanes of at least 4 members (excludes halogenated alkanes) is 16. The molecule has 0 aromatic carbocycles. The van der Waals surface area contributed by atoms with Crippen LogP contribution in [-0.2, 0) is 58.4 Å². The fourth-order valence-electron chi connectivity index (χ4n) is 6.95. The lowest BCUT2D eigenvalue weighted by molar-refractivity contribution is -0.161. The molecule has 12 heteroatoms. The van der Waals surface area contributed by atoms with Crippen molar-refractivity contribution in [1.29, 1.82) is 0 Å². The first-order valence-corrected chi connectivity index (χ1v) is 23.9. The molecule has 0 saturated carbocycles. The molecular weight excluding hydrogens is 745 g/mol. The maximum absolute atomic E-state index is 12.7. The quantitative estimate of drug-likeness (QED) is 0.0379. The van der Waals surface area contributed by atoms with Crippen molar-refractivity contribution in [2.24, 2.45) is 5.73 Å². The molecule has 11 nitrogen and oxygen atoms in total. The summed E-state index contributed by atoms with van der Waals surface area (Å²) in [6, 6.07) is 4.38. The molecule has 2 aromatic heterocycles. The van der Waals surface area contributed by atoms with E-state index in [0.29, 0.717) is 12.8 Å². The molecule has 57 heavy (non-hydrogen) atoms. The van der Waals surface area contributed by atoms with E-state index >= 15 is 0 Å². The Morgan fingerprint density at radius 1 is 0.632 bits per heavy atom. The highest BCUT2D eigenvalue weighted by Crippen LogP contribution is 2.43. The van der Waals surface area contributed by atoms with Gasteiger partial charge in [0.2, 0.25) is 0 Å². The molecule has 0 spiro atoms. The predicted molar refractivity (Wildman–Crippen MR) is 226 cm³/mol. The van der Waals surface area contributed by atoms with Gasteiger partial charge in [-0.25, -0.2) is 4.57 Å². The lowest BCUT2D eigenvalue weighted by Crippen LogP contribution is -2.29. The summed E-state index contributed by atoms with van der Waals surface area (Å²) in [6.45, 7) is 7.83. The van der Waals surface area contributed by atoms with Crippen molar-refractivity contribution < 1.29 is 46.4 Å². The summed E-state index contributed by atoms with van der Waals surface area (Å²) in [5, 5.41) is 0. The number of rotatable bonds is 37. The average Bonchev–Trinajstić information content (AvgIpc) is 3.72. The SMILES string of the molecule is CCCCCc1cc(C)c(CCCCCCCCCCC(=O)O[C@H](COC(=O)CCCCCCCCCCc2oc(CCC)cc2C)COP(=O)(O)OCCN)o1. The van der Waals surface area contributed by atoms with E-state index in [1.165, 1.54) is 62.5 Å². The maximum atomic E-state index is 12.7. The van der Waals surface area contributed by atoms with E-state index in [-0.39, 0.29) is 32.6 Å². The largest absolute Gasteiger partial charge is 0.472 e. The molecule has 2 heterocycles. The number of phosphoric ester groups is 1. The summed E-state index contributed by atoms with van der Waals surface area (Å²) >= 11 is 0. The standard InChI is InChI=1S/C45H78NO10P/c1-5-7-20-26-40-34-38(4)43(55-40)28-22-17-13-9-11-15-19-24-30-45(48)56-41(36-53-57(49,50)52-32-31-46)35-51-44(47)29-23-18-14-10-8-12-16-21-27-42-37(3)33-39(54-42)25-6-2/h33-34,41H,5-32,35-36,46H2,1-4H3,(H,49,50)/t41-/m1/s1. The van der Waals surface area contributed by atoms with E-state index < -0.39 is 32.5 Å². The van der Waals surface area contributed by atoms with Crippen LogP contribution in [0.2, 0.25) is 0 Å². The number of hydrogen-bond acceptors (Lipinski definition) is 10. The van der Waals surface area contributed by atoms with Gasteiger partial charge in [-0.1, -0.05) is 104 Å². The van der Waals surface area contributed by atoms with E-state index in [4.69, 9.17) is 33.1 Å². The van der Waals surface area contributed by atoms with Gasteiger partial charge < -0.3 is 28.9 Å². The van der Waals surface area contributed by atoms with Crippen molar-refractivity contribution in [2.75, 3.05) is 26.4 Å². The van der Waals surface area contributed by atoms with Crippen molar-refractivity contribution in [3.05, 3.63) is 46.3 Å². The van der Waals surface area contributed by atoms with Gasteiger partial charge in [-0.2, -0.15) is 0 Å². The number of hydrogen-bond donors (Lipinski definition) is 2. The minimum Gasteiger partial charge on any atom is -0.466 e. The summed E-state index contributed by atoms with van der Waals surface area (Å²) in [5.74, 6) is 3.63. The van der Waals surface area contributed by atoms with Crippen LogP contribution >= 0.6 is 7.82 Å². The Kier molecular flexibility index (Phi) is 28.0. The minimum absolute atomic E-state index is 0.0432. The Bertz CT molecular complexity index is 1390. The predicted octanol–water partition coefficient (Wildman–Crippen LogP) is 11.5. The Balaban J connectivity index is 1.56. The third-order valence-corrected chi connectivity index (χ3v) is 11.2. The highest BCUT2D eigenvalue weighted by atomic mass is 31.2. The Morgan fingerprint density at radius 3 is 1.61 bits per heavy atom. The fourth-order valence-corrected chi connectivity index (χ4v) is 7.72. The van der Waals surface area contributed by atoms with E-state index in [2.05, 4.69) is 39.8 Å². The van der Waals surface area contributed by atoms with Gasteiger partial charge >= 0.3 is 19.8 Å². The molecule has 0 radical (unpaired) electrons. The molecule has 2 rings (SSSR count). The lowest BCUT2D eigenvalue weighted by Gasteiger charge is -2.19. The Morgan fingerprint density at radius 2 is 1.11 bits per heavy atom. The molecule has 0 fully saturated rings. The summed E-state index contributed by atoms with van der Waals surface area (Å²) in [4.78, 5) is 35.1. The molecule has 2 aromatic rings. The minimum atomic E-state index is -4.40. The van der Waals surface area contributed by atoms with Crippen LogP contribution < -0.4 is 5.73 Å². The van der Waals surface area contributed by atoms with E-state index in [9.17, 15) is 19.0 Å². The Labute approximate surface area is 344 Å². The highest BCUT2D eigenvalue weighted by Gasteiger charge is 2.26. The van der Waals surface area contributed by atoms with Crippen LogP contribution in [0.5, 0.6) is 0 Å². The average molecular weight is 824 g/mol. The topological polar surface area (TPSA) is 161 Å². The fraction of sp³-hybridized carbons (Fsp3) is 0.778. The molecule has 2 atom stereocenters. The maximum Gasteiger partial charge on any atom is 0.472 e. The normalized spacial score (nSPS) is 13.2. The van der Waals surface area contributed by atoms with Crippen molar-refractivity contribution in [2.45, 2.75) is 201 Å². The lowest BCUT2D eigenvalue weighted by atomic mass is 10.1. The first-order chi connectivity index (χ1) is 27.6. The van der Waals surface area contributed by atoms with Crippen LogP contribution in [0.4, 0.5) is 0 Å². The van der Waals surface area contributed by atoms with E-state index in [0.717, 1.165) is 113 Å². The highest BCUT2D eigenvalue weighted by molar-refractivity contribution is 7.47. The Hall–Kier alpha value is -2.43. The van der Waals surface area contributed by atoms with Crippen molar-refractivity contribution in [3.63, 3.8) is 0 Å². The summed E-state index contributed by atoms with van der Waals surface area (Å²) in [6.07, 6.45) is 25.1. The number of esters is 2. The number of phosphoric acid groups is 1. The van der Waals surface area contributed by atoms with Crippen LogP contribution in [0.15, 0.2) is 21.0 Å². The van der Waals surface area contributed by atoms with E-state index in [1.54, 1.807) is 0 Å². The zero-order chi connectivity index (χ0) is 41.6. The number of aryl methyl sites for hydroxylation is 6. The smallest absolute Gasteiger partial charge is 0.466 e. The molecule has 0 aliphatic carbocycles. The van der Waals surface area contributed by atoms with E-state index in [1.807, 2.05) is 0 Å². The molecule has 3 N–H and O–H groups in total. The second-order valence-electron chi connectivity index (χ2n) is 15.7. The van der Waals surface area contributed by atoms with Crippen LogP contribution in [0.1, 0.15) is 189 Å². The number of carbonyl (C=O) groups is 2. The summed E-state index contributed by atoms with van der Waals surface area (Å²) < 4.78 is 45.0. The first-order valence-electron chi connectivity index (χ1n) is 22.4. The molecule has 328 valence electrons. The van der Waals surface area contributed by atoms with Gasteiger partial charge in [-0.3, -0.25) is 18.6 Å². The van der Waals surface area contributed by atoms with Gasteiger partial charge in [0.05, 0.1) is 13.2 Å². The monoisotopic (exact) mass is 824 g/mol. The molecule has 1 unspecified atom stereocenters. The number of furan rings is 2. The molecule has 0 aliphatic heterocycles. The van der Waals surface area contributed by atoms with Crippen molar-refractivity contribution in [3.8, 4) is 0 Å². The second-order valence-corrected chi connectivity index (χ2v) is 17.1. The summed E-state index contributed by atoms with van der Waals surface area (Å²) in [7, 11) is -4.40.